The lowest BCUT2D eigenvalue weighted by Gasteiger charge is -2.20. The first-order valence-electron chi connectivity index (χ1n) is 11.2. The van der Waals surface area contributed by atoms with Crippen molar-refractivity contribution in [2.24, 2.45) is 5.18 Å². The first-order chi connectivity index (χ1) is 17.3. The van der Waals surface area contributed by atoms with Gasteiger partial charge in [0, 0.05) is 28.5 Å². The second-order valence-electron chi connectivity index (χ2n) is 8.54. The van der Waals surface area contributed by atoms with Crippen LogP contribution in [0.1, 0.15) is 45.7 Å². The number of carbonyl (C=O) groups excluding carboxylic acids is 1. The number of nitrogens with one attached hydrogen (secondary N) is 1. The number of nitroso groups, excluding NO2 is 1. The van der Waals surface area contributed by atoms with Crippen LogP contribution in [0.5, 0.6) is 5.75 Å². The molecule has 0 aliphatic rings. The number of rotatable bonds is 9. The molecule has 11 heteroatoms. The van der Waals surface area contributed by atoms with E-state index in [1.807, 2.05) is 26.8 Å². The van der Waals surface area contributed by atoms with Crippen LogP contribution in [0.25, 0.3) is 10.6 Å². The van der Waals surface area contributed by atoms with Crippen molar-refractivity contribution in [1.29, 1.82) is 0 Å². The fourth-order valence-corrected chi connectivity index (χ4v) is 4.65. The molecular weight excluding hydrogens is 510 g/mol. The number of carbonyl (C=O) groups is 1. The molecule has 1 amide bonds. The number of hydrogen-bond donors (Lipinski definition) is 1. The smallest absolute Gasteiger partial charge is 0.419 e. The Bertz CT molecular complexity index is 1370. The third-order valence-corrected chi connectivity index (χ3v) is 7.00. The highest BCUT2D eigenvalue weighted by molar-refractivity contribution is 7.15. The highest BCUT2D eigenvalue weighted by atomic mass is 32.1. The Balaban J connectivity index is 1.84. The number of benzene rings is 2. The predicted octanol–water partition coefficient (Wildman–Crippen LogP) is 7.78. The van der Waals surface area contributed by atoms with Gasteiger partial charge < -0.3 is 10.1 Å². The minimum absolute atomic E-state index is 0.109. The Morgan fingerprint density at radius 2 is 1.84 bits per heavy atom. The first kappa shape index (κ1) is 28.0. The number of halogens is 4. The van der Waals surface area contributed by atoms with Crippen molar-refractivity contribution in [2.75, 3.05) is 5.32 Å². The molecule has 1 heterocycles. The van der Waals surface area contributed by atoms with Gasteiger partial charge in [-0.15, -0.1) is 16.2 Å². The van der Waals surface area contributed by atoms with Gasteiger partial charge in [0.05, 0.1) is 29.2 Å². The van der Waals surface area contributed by atoms with Crippen molar-refractivity contribution in [3.8, 4) is 16.3 Å². The molecule has 3 aromatic rings. The minimum Gasteiger partial charge on any atom is -0.460 e. The van der Waals surface area contributed by atoms with E-state index in [1.165, 1.54) is 17.4 Å². The largest absolute Gasteiger partial charge is 0.460 e. The Hall–Kier alpha value is -3.60. The molecule has 0 spiro atoms. The molecule has 0 atom stereocenters. The fourth-order valence-electron chi connectivity index (χ4n) is 3.65. The zero-order chi connectivity index (χ0) is 27.5. The van der Waals surface area contributed by atoms with Crippen molar-refractivity contribution in [3.05, 3.63) is 80.2 Å². The fraction of sp³-hybridized carbons (Fsp3) is 0.308. The van der Waals surface area contributed by atoms with Crippen molar-refractivity contribution in [3.63, 3.8) is 0 Å². The van der Waals surface area contributed by atoms with Gasteiger partial charge in [0.15, 0.2) is 5.75 Å². The molecule has 0 aliphatic carbocycles. The summed E-state index contributed by atoms with van der Waals surface area (Å²) in [5.41, 5.74) is 3.02. The molecular formula is C26H25F4N3O3S. The van der Waals surface area contributed by atoms with Crippen LogP contribution in [0, 0.1) is 38.4 Å². The lowest BCUT2D eigenvalue weighted by atomic mass is 10.0. The molecule has 0 unspecified atom stereocenters. The highest BCUT2D eigenvalue weighted by Gasteiger charge is 2.34. The summed E-state index contributed by atoms with van der Waals surface area (Å²) in [5.74, 6) is -1.31. The van der Waals surface area contributed by atoms with E-state index in [2.05, 4.69) is 22.1 Å². The van der Waals surface area contributed by atoms with E-state index in [9.17, 15) is 27.3 Å². The van der Waals surface area contributed by atoms with E-state index in [0.29, 0.717) is 40.5 Å². The van der Waals surface area contributed by atoms with Crippen molar-refractivity contribution >= 4 is 22.9 Å². The van der Waals surface area contributed by atoms with Crippen molar-refractivity contribution in [1.82, 2.24) is 4.98 Å². The lowest BCUT2D eigenvalue weighted by molar-refractivity contribution is -0.140. The first-order valence-corrected chi connectivity index (χ1v) is 12.0. The Morgan fingerprint density at radius 1 is 1.14 bits per heavy atom. The van der Waals surface area contributed by atoms with E-state index in [4.69, 9.17) is 4.74 Å². The van der Waals surface area contributed by atoms with Gasteiger partial charge in [-0.1, -0.05) is 18.7 Å². The lowest BCUT2D eigenvalue weighted by Crippen LogP contribution is -2.07. The van der Waals surface area contributed by atoms with Crippen LogP contribution in [0.15, 0.2) is 41.8 Å². The third kappa shape index (κ3) is 6.59. The van der Waals surface area contributed by atoms with Crippen molar-refractivity contribution < 1.29 is 27.1 Å². The summed E-state index contributed by atoms with van der Waals surface area (Å²) in [5, 5.41) is 6.11. The number of ether oxygens (including phenoxy) is 1. The molecule has 1 aromatic heterocycles. The Kier molecular flexibility index (Phi) is 8.47. The van der Waals surface area contributed by atoms with E-state index < -0.39 is 23.5 Å². The number of amides is 1. The number of thiazole rings is 1. The average Bonchev–Trinajstić information content (AvgIpc) is 3.20. The van der Waals surface area contributed by atoms with Gasteiger partial charge in [0.25, 0.3) is 5.91 Å². The van der Waals surface area contributed by atoms with Gasteiger partial charge in [0.2, 0.25) is 0 Å². The molecule has 37 heavy (non-hydrogen) atoms. The van der Waals surface area contributed by atoms with Crippen molar-refractivity contribution in [2.45, 2.75) is 53.3 Å². The maximum Gasteiger partial charge on any atom is 0.419 e. The van der Waals surface area contributed by atoms with Crippen LogP contribution >= 0.6 is 11.3 Å². The maximum absolute atomic E-state index is 14.1. The average molecular weight is 536 g/mol. The second-order valence-corrected chi connectivity index (χ2v) is 9.62. The summed E-state index contributed by atoms with van der Waals surface area (Å²) < 4.78 is 58.7. The molecule has 0 bridgehead atoms. The monoisotopic (exact) mass is 535 g/mol. The summed E-state index contributed by atoms with van der Waals surface area (Å²) in [6.07, 6.45) is -4.74. The number of nitrogens with zero attached hydrogens (tertiary/aromatic N) is 2. The Morgan fingerprint density at radius 3 is 2.46 bits per heavy atom. The van der Waals surface area contributed by atoms with E-state index in [-0.39, 0.29) is 18.4 Å². The van der Waals surface area contributed by atoms with Crippen LogP contribution in [-0.4, -0.2) is 10.9 Å². The SMILES string of the molecule is C=C(CCC(=O)N=O)Oc1c(C)c(C)cc(C)c1NCc1sc(-c2ccc(C(F)(F)F)c(F)c2)nc1C. The number of aryl methyl sites for hydroxylation is 3. The summed E-state index contributed by atoms with van der Waals surface area (Å²) in [7, 11) is 0. The molecule has 196 valence electrons. The maximum atomic E-state index is 14.1. The number of aromatic nitrogens is 1. The second kappa shape index (κ2) is 11.2. The zero-order valence-corrected chi connectivity index (χ0v) is 21.5. The summed E-state index contributed by atoms with van der Waals surface area (Å²) >= 11 is 1.24. The van der Waals surface area contributed by atoms with Gasteiger partial charge in [0.1, 0.15) is 10.8 Å². The number of anilines is 1. The van der Waals surface area contributed by atoms with Gasteiger partial charge in [-0.05, 0) is 56.5 Å². The molecule has 2 aromatic carbocycles. The molecule has 1 N–H and O–H groups in total. The van der Waals surface area contributed by atoms with Crippen LogP contribution in [0.2, 0.25) is 0 Å². The van der Waals surface area contributed by atoms with Crippen LogP contribution in [0.3, 0.4) is 0 Å². The van der Waals surface area contributed by atoms with Gasteiger partial charge in [-0.3, -0.25) is 4.79 Å². The summed E-state index contributed by atoms with van der Waals surface area (Å²) in [6.45, 7) is 11.7. The molecule has 0 fully saturated rings. The molecule has 0 saturated heterocycles. The topological polar surface area (TPSA) is 80.7 Å². The Labute approximate surface area is 215 Å². The highest BCUT2D eigenvalue weighted by Crippen LogP contribution is 2.38. The predicted molar refractivity (Wildman–Crippen MR) is 135 cm³/mol. The molecule has 3 rings (SSSR count). The van der Waals surface area contributed by atoms with E-state index in [0.717, 1.165) is 27.6 Å². The van der Waals surface area contributed by atoms with E-state index in [1.54, 1.807) is 6.92 Å². The van der Waals surface area contributed by atoms with Gasteiger partial charge in [-0.2, -0.15) is 13.2 Å². The number of alkyl halides is 3. The van der Waals surface area contributed by atoms with E-state index >= 15 is 0 Å². The quantitative estimate of drug-likeness (QED) is 0.172. The summed E-state index contributed by atoms with van der Waals surface area (Å²) in [6, 6.07) is 4.75. The molecule has 0 aliphatic heterocycles. The zero-order valence-electron chi connectivity index (χ0n) is 20.7. The number of hydrogen-bond acceptors (Lipinski definition) is 6. The molecule has 0 saturated carbocycles. The summed E-state index contributed by atoms with van der Waals surface area (Å²) in [4.78, 5) is 26.8. The van der Waals surface area contributed by atoms with Gasteiger partial charge in [-0.25, -0.2) is 9.37 Å². The number of allylic oxidation sites excluding steroid dienone is 1. The third-order valence-electron chi connectivity index (χ3n) is 5.79. The standard InChI is InChI=1S/C26H25F4N3O3S/c1-13-10-14(2)23(24(16(13)4)36-15(3)6-9-22(34)33-35)31-12-21-17(5)32-25(37-21)18-7-8-19(20(27)11-18)26(28,29)30/h7-8,10-11,31H,3,6,9,12H2,1-2,4-5H3. The van der Waals surface area contributed by atoms with Gasteiger partial charge >= 0.3 is 6.18 Å². The minimum atomic E-state index is -4.77. The van der Waals surface area contributed by atoms with Crippen LogP contribution < -0.4 is 10.1 Å². The normalized spacial score (nSPS) is 11.4. The van der Waals surface area contributed by atoms with Crippen LogP contribution in [-0.2, 0) is 17.5 Å². The molecule has 6 nitrogen and oxygen atoms in total. The molecule has 0 radical (unpaired) electrons. The van der Waals surface area contributed by atoms with Crippen LogP contribution in [0.4, 0.5) is 23.2 Å².